The van der Waals surface area contributed by atoms with E-state index in [0.717, 1.165) is 22.7 Å². The normalized spacial score (nSPS) is 13.6. The zero-order valence-electron chi connectivity index (χ0n) is 26.5. The number of anilines is 2. The molecular weight excluding hydrogens is 669 g/mol. The van der Waals surface area contributed by atoms with Gasteiger partial charge in [0.2, 0.25) is 17.6 Å². The molecule has 0 unspecified atom stereocenters. The van der Waals surface area contributed by atoms with Crippen molar-refractivity contribution in [2.45, 2.75) is 26.1 Å². The van der Waals surface area contributed by atoms with Crippen molar-refractivity contribution in [3.05, 3.63) is 81.1 Å². The summed E-state index contributed by atoms with van der Waals surface area (Å²) < 4.78 is 49.1. The number of ether oxygens (including phenoxy) is 1. The van der Waals surface area contributed by atoms with Crippen LogP contribution in [0.15, 0.2) is 53.7 Å². The fraction of sp³-hybridized carbons (Fsp3) is 0.323. The fourth-order valence-corrected chi connectivity index (χ4v) is 5.97. The van der Waals surface area contributed by atoms with E-state index in [1.807, 2.05) is 11.8 Å². The number of carbonyl (C=O) groups excluding carboxylic acids is 2. The summed E-state index contributed by atoms with van der Waals surface area (Å²) in [5.74, 6) is -0.430. The number of rotatable bonds is 8. The molecule has 6 rings (SSSR count). The Kier molecular flexibility index (Phi) is 9.02. The number of nitrogens with zero attached hydrogens (tertiary/aromatic N) is 9. The Morgan fingerprint density at radius 2 is 1.88 bits per heavy atom. The number of fused-ring (bicyclic) bond motifs is 1. The van der Waals surface area contributed by atoms with Crippen molar-refractivity contribution in [1.82, 2.24) is 38.8 Å². The second-order valence-electron chi connectivity index (χ2n) is 11.2. The number of methoxy groups -OCH3 is 1. The van der Waals surface area contributed by atoms with Crippen LogP contribution in [0.25, 0.3) is 17.2 Å². The molecule has 256 valence electrons. The van der Waals surface area contributed by atoms with Gasteiger partial charge in [-0.05, 0) is 36.8 Å². The average Bonchev–Trinajstić information content (AvgIpc) is 3.73. The Hall–Kier alpha value is -5.45. The van der Waals surface area contributed by atoms with Crippen molar-refractivity contribution in [2.24, 2.45) is 7.05 Å². The fourth-order valence-electron chi connectivity index (χ4n) is 5.74. The Morgan fingerprint density at radius 3 is 2.51 bits per heavy atom. The molecule has 0 radical (unpaired) electrons. The van der Waals surface area contributed by atoms with Gasteiger partial charge in [0.1, 0.15) is 12.2 Å². The third-order valence-electron chi connectivity index (χ3n) is 8.07. The van der Waals surface area contributed by atoms with Crippen LogP contribution in [-0.4, -0.2) is 83.9 Å². The van der Waals surface area contributed by atoms with Gasteiger partial charge in [0.05, 0.1) is 46.4 Å². The van der Waals surface area contributed by atoms with Crippen LogP contribution in [0, 0.1) is 0 Å². The lowest BCUT2D eigenvalue weighted by atomic mass is 10.2. The minimum Gasteiger partial charge on any atom is -0.480 e. The first kappa shape index (κ1) is 33.5. The van der Waals surface area contributed by atoms with E-state index >= 15 is 0 Å². The highest BCUT2D eigenvalue weighted by Gasteiger charge is 2.32. The maximum Gasteiger partial charge on any atom is 0.416 e. The van der Waals surface area contributed by atoms with Crippen LogP contribution in [0.2, 0.25) is 5.02 Å². The number of amides is 2. The predicted octanol–water partition coefficient (Wildman–Crippen LogP) is 3.53. The van der Waals surface area contributed by atoms with Crippen LogP contribution < -0.4 is 20.5 Å². The summed E-state index contributed by atoms with van der Waals surface area (Å²) in [6, 6.07) is 5.96. The molecule has 5 aromatic rings. The van der Waals surface area contributed by atoms with E-state index in [2.05, 4.69) is 25.5 Å². The number of benzene rings is 1. The third-order valence-corrected chi connectivity index (χ3v) is 8.39. The number of carbonyl (C=O) groups is 2. The summed E-state index contributed by atoms with van der Waals surface area (Å²) in [7, 11) is 3.16. The van der Waals surface area contributed by atoms with Crippen LogP contribution in [-0.2, 0) is 31.0 Å². The minimum atomic E-state index is -4.61. The van der Waals surface area contributed by atoms with Crippen molar-refractivity contribution in [1.29, 1.82) is 0 Å². The molecule has 0 aliphatic carbocycles. The SMILES string of the molecule is CCc1c(N2CCN(C(=O)c3cnn(C)c3)CC2)c(=O)n2nc(-c3cccnc3OC)nc2n1CC(=O)Nc1ccc(C(F)(F)F)cc1Cl. The summed E-state index contributed by atoms with van der Waals surface area (Å²) in [5, 5.41) is 10.8. The maximum atomic E-state index is 14.2. The quantitative estimate of drug-likeness (QED) is 0.257. The Bertz CT molecular complexity index is 2120. The Balaban J connectivity index is 1.39. The van der Waals surface area contributed by atoms with Gasteiger partial charge < -0.3 is 24.4 Å². The van der Waals surface area contributed by atoms with Gasteiger partial charge in [0.15, 0.2) is 5.82 Å². The summed E-state index contributed by atoms with van der Waals surface area (Å²) in [5.41, 5.74) is 0.139. The van der Waals surface area contributed by atoms with E-state index in [1.165, 1.54) is 24.1 Å². The molecule has 1 N–H and O–H groups in total. The Labute approximate surface area is 281 Å². The number of aryl methyl sites for hydroxylation is 1. The molecule has 0 bridgehead atoms. The van der Waals surface area contributed by atoms with Crippen LogP contribution in [0.5, 0.6) is 5.88 Å². The standard InChI is InChI=1S/C31H30ClF3N10O4/c1-4-23-25(42-10-12-43(13-11-42)28(47)18-15-37-41(2)16-18)29(48)45-30(39-26(40-45)20-6-5-9-36-27(20)49-3)44(23)17-24(46)38-22-8-7-19(14-21(22)32)31(33,34)35/h5-9,14-16H,4,10-13,17H2,1-3H3,(H,38,46). The first-order valence-electron chi connectivity index (χ1n) is 15.1. The lowest BCUT2D eigenvalue weighted by Gasteiger charge is -2.36. The van der Waals surface area contributed by atoms with Crippen molar-refractivity contribution in [3.63, 3.8) is 0 Å². The third kappa shape index (κ3) is 6.53. The molecule has 14 nitrogen and oxygen atoms in total. The molecular formula is C31H30ClF3N10O4. The van der Waals surface area contributed by atoms with E-state index in [9.17, 15) is 27.6 Å². The molecule has 0 saturated carbocycles. The highest BCUT2D eigenvalue weighted by Crippen LogP contribution is 2.34. The molecule has 0 spiro atoms. The number of hydrogen-bond acceptors (Lipinski definition) is 9. The molecule has 18 heteroatoms. The van der Waals surface area contributed by atoms with E-state index in [4.69, 9.17) is 16.3 Å². The first-order valence-corrected chi connectivity index (χ1v) is 15.5. The topological polar surface area (TPSA) is 145 Å². The molecule has 2 amide bonds. The summed E-state index contributed by atoms with van der Waals surface area (Å²) in [6.45, 7) is 2.68. The molecule has 4 aromatic heterocycles. The van der Waals surface area contributed by atoms with Gasteiger partial charge in [-0.1, -0.05) is 18.5 Å². The van der Waals surface area contributed by atoms with Crippen molar-refractivity contribution in [3.8, 4) is 17.3 Å². The van der Waals surface area contributed by atoms with Crippen LogP contribution >= 0.6 is 11.6 Å². The van der Waals surface area contributed by atoms with Crippen molar-refractivity contribution >= 4 is 40.6 Å². The van der Waals surface area contributed by atoms with Gasteiger partial charge in [-0.2, -0.15) is 27.8 Å². The second-order valence-corrected chi connectivity index (χ2v) is 11.6. The highest BCUT2D eigenvalue weighted by atomic mass is 35.5. The maximum absolute atomic E-state index is 14.2. The summed E-state index contributed by atoms with van der Waals surface area (Å²) in [6.07, 6.45) is 0.348. The molecule has 1 saturated heterocycles. The average molecular weight is 699 g/mol. The number of nitrogens with one attached hydrogen (secondary N) is 1. The lowest BCUT2D eigenvalue weighted by molar-refractivity contribution is -0.137. The molecule has 0 atom stereocenters. The molecule has 1 aliphatic rings. The van der Waals surface area contributed by atoms with Crippen molar-refractivity contribution in [2.75, 3.05) is 43.5 Å². The van der Waals surface area contributed by atoms with Gasteiger partial charge in [0.25, 0.3) is 11.5 Å². The number of piperazine rings is 1. The Morgan fingerprint density at radius 1 is 1.12 bits per heavy atom. The smallest absolute Gasteiger partial charge is 0.416 e. The van der Waals surface area contributed by atoms with Crippen LogP contribution in [0.1, 0.15) is 28.5 Å². The number of hydrogen-bond donors (Lipinski definition) is 1. The molecule has 1 fully saturated rings. The second kappa shape index (κ2) is 13.2. The van der Waals surface area contributed by atoms with Gasteiger partial charge in [-0.25, -0.2) is 4.98 Å². The largest absolute Gasteiger partial charge is 0.480 e. The van der Waals surface area contributed by atoms with Gasteiger partial charge in [-0.15, -0.1) is 5.10 Å². The molecule has 5 heterocycles. The number of pyridine rings is 1. The number of halogens is 4. The number of aromatic nitrogens is 7. The summed E-state index contributed by atoms with van der Waals surface area (Å²) >= 11 is 6.11. The monoisotopic (exact) mass is 698 g/mol. The van der Waals surface area contributed by atoms with Gasteiger partial charge in [-0.3, -0.25) is 19.1 Å². The first-order chi connectivity index (χ1) is 23.4. The zero-order valence-corrected chi connectivity index (χ0v) is 27.3. The van der Waals surface area contributed by atoms with Crippen molar-refractivity contribution < 1.29 is 27.5 Å². The zero-order chi connectivity index (χ0) is 35.0. The van der Waals surface area contributed by atoms with Gasteiger partial charge >= 0.3 is 6.18 Å². The number of alkyl halides is 3. The van der Waals surface area contributed by atoms with Crippen LogP contribution in [0.4, 0.5) is 24.5 Å². The van der Waals surface area contributed by atoms with E-state index < -0.39 is 23.2 Å². The predicted molar refractivity (Wildman–Crippen MR) is 173 cm³/mol. The highest BCUT2D eigenvalue weighted by molar-refractivity contribution is 6.33. The minimum absolute atomic E-state index is 0.0216. The van der Waals surface area contributed by atoms with E-state index in [-0.39, 0.29) is 46.3 Å². The van der Waals surface area contributed by atoms with Gasteiger partial charge in [0, 0.05) is 45.6 Å². The van der Waals surface area contributed by atoms with Crippen LogP contribution in [0.3, 0.4) is 0 Å². The van der Waals surface area contributed by atoms with E-state index in [0.29, 0.717) is 49.4 Å². The molecule has 1 aromatic carbocycles. The lowest BCUT2D eigenvalue weighted by Crippen LogP contribution is -2.50. The molecule has 1 aliphatic heterocycles. The van der Waals surface area contributed by atoms with E-state index in [1.54, 1.807) is 35.0 Å². The summed E-state index contributed by atoms with van der Waals surface area (Å²) in [4.78, 5) is 53.1. The molecule has 49 heavy (non-hydrogen) atoms.